The molecule has 180 valence electrons. The van der Waals surface area contributed by atoms with E-state index in [1.807, 2.05) is 39.0 Å². The van der Waals surface area contributed by atoms with Crippen LogP contribution in [0.5, 0.6) is 5.75 Å². The van der Waals surface area contributed by atoms with Crippen molar-refractivity contribution in [1.82, 2.24) is 20.1 Å². The maximum atomic E-state index is 12.7. The number of carbonyl (C=O) groups excluding carboxylic acids is 2. The molecule has 9 nitrogen and oxygen atoms in total. The minimum atomic E-state index is -0.750. The van der Waals surface area contributed by atoms with Gasteiger partial charge in [-0.1, -0.05) is 29.5 Å². The van der Waals surface area contributed by atoms with Crippen LogP contribution < -0.4 is 15.4 Å². The summed E-state index contributed by atoms with van der Waals surface area (Å²) >= 11 is 1.25. The number of anilines is 1. The second-order valence-electron chi connectivity index (χ2n) is 7.68. The highest BCUT2D eigenvalue weighted by Crippen LogP contribution is 2.22. The molecule has 0 radical (unpaired) electrons. The van der Waals surface area contributed by atoms with E-state index in [1.54, 1.807) is 35.9 Å². The van der Waals surface area contributed by atoms with E-state index in [-0.39, 0.29) is 24.2 Å². The van der Waals surface area contributed by atoms with E-state index in [2.05, 4.69) is 20.8 Å². The third-order valence-electron chi connectivity index (χ3n) is 5.20. The van der Waals surface area contributed by atoms with Crippen LogP contribution in [0.25, 0.3) is 0 Å². The molecule has 3 aromatic rings. The Hall–Kier alpha value is -3.37. The number of hydrogen-bond acceptors (Lipinski definition) is 7. The molecule has 1 unspecified atom stereocenters. The maximum absolute atomic E-state index is 12.7. The number of carbonyl (C=O) groups is 2. The van der Waals surface area contributed by atoms with Crippen molar-refractivity contribution in [2.75, 3.05) is 24.8 Å². The minimum absolute atomic E-state index is 0.146. The Bertz CT molecular complexity index is 1150. The normalized spacial score (nSPS) is 11.7. The Kier molecular flexibility index (Phi) is 8.67. The zero-order valence-corrected chi connectivity index (χ0v) is 20.5. The number of nitrogens with zero attached hydrogens (tertiary/aromatic N) is 3. The summed E-state index contributed by atoms with van der Waals surface area (Å²) in [4.78, 5) is 25.1. The van der Waals surface area contributed by atoms with E-state index in [9.17, 15) is 14.7 Å². The molecule has 2 aromatic carbocycles. The van der Waals surface area contributed by atoms with Crippen molar-refractivity contribution in [3.63, 3.8) is 0 Å². The fraction of sp³-hybridized carbons (Fsp3) is 0.333. The molecule has 10 heteroatoms. The first-order chi connectivity index (χ1) is 16.4. The molecule has 34 heavy (non-hydrogen) atoms. The number of ether oxygens (including phenoxy) is 1. The Morgan fingerprint density at radius 3 is 2.50 bits per heavy atom. The molecule has 0 bridgehead atoms. The van der Waals surface area contributed by atoms with Gasteiger partial charge in [0.05, 0.1) is 19.5 Å². The first-order valence-corrected chi connectivity index (χ1v) is 11.8. The predicted molar refractivity (Wildman–Crippen MR) is 131 cm³/mol. The molecule has 0 spiro atoms. The first kappa shape index (κ1) is 25.3. The van der Waals surface area contributed by atoms with Gasteiger partial charge >= 0.3 is 0 Å². The van der Waals surface area contributed by atoms with Gasteiger partial charge in [0.1, 0.15) is 11.8 Å². The quantitative estimate of drug-likeness (QED) is 0.379. The van der Waals surface area contributed by atoms with Crippen molar-refractivity contribution in [2.45, 2.75) is 38.5 Å². The maximum Gasteiger partial charge on any atom is 0.251 e. The molecule has 0 aliphatic heterocycles. The van der Waals surface area contributed by atoms with E-state index in [0.717, 1.165) is 16.8 Å². The summed E-state index contributed by atoms with van der Waals surface area (Å²) < 4.78 is 6.89. The zero-order valence-electron chi connectivity index (χ0n) is 19.7. The number of nitrogens with one attached hydrogen (secondary N) is 2. The SMILES string of the molecule is CCn1c(SCC(=O)Nc2ccc(C)cc2C)nnc1C(CO)NC(=O)c1ccc(OC)cc1. The molecule has 0 saturated carbocycles. The number of hydrogen-bond donors (Lipinski definition) is 3. The van der Waals surface area contributed by atoms with Gasteiger partial charge in [0.25, 0.3) is 5.91 Å². The molecule has 3 rings (SSSR count). The van der Waals surface area contributed by atoms with Gasteiger partial charge in [0.15, 0.2) is 11.0 Å². The molecule has 3 N–H and O–H groups in total. The molecule has 0 fully saturated rings. The van der Waals surface area contributed by atoms with Crippen molar-refractivity contribution in [3.05, 3.63) is 65.0 Å². The number of aromatic nitrogens is 3. The van der Waals surface area contributed by atoms with Crippen molar-refractivity contribution in [1.29, 1.82) is 0 Å². The largest absolute Gasteiger partial charge is 0.497 e. The van der Waals surface area contributed by atoms with E-state index >= 15 is 0 Å². The van der Waals surface area contributed by atoms with Crippen molar-refractivity contribution in [2.24, 2.45) is 0 Å². The monoisotopic (exact) mass is 483 g/mol. The Balaban J connectivity index is 1.66. The first-order valence-electron chi connectivity index (χ1n) is 10.8. The van der Waals surface area contributed by atoms with E-state index in [1.165, 1.54) is 11.8 Å². The van der Waals surface area contributed by atoms with Crippen LogP contribution in [0, 0.1) is 13.8 Å². The van der Waals surface area contributed by atoms with Crippen LogP contribution in [0.15, 0.2) is 47.6 Å². The van der Waals surface area contributed by atoms with Crippen molar-refractivity contribution in [3.8, 4) is 5.75 Å². The summed E-state index contributed by atoms with van der Waals surface area (Å²) in [7, 11) is 1.55. The Morgan fingerprint density at radius 2 is 1.88 bits per heavy atom. The molecule has 0 aliphatic rings. The molecule has 0 saturated heterocycles. The summed E-state index contributed by atoms with van der Waals surface area (Å²) in [5.41, 5.74) is 3.33. The van der Waals surface area contributed by atoms with Crippen LogP contribution >= 0.6 is 11.8 Å². The van der Waals surface area contributed by atoms with Crippen LogP contribution in [0.1, 0.15) is 40.3 Å². The predicted octanol–water partition coefficient (Wildman–Crippen LogP) is 3.12. The Labute approximate surface area is 202 Å². The number of rotatable bonds is 10. The number of aryl methyl sites for hydroxylation is 2. The molecule has 1 atom stereocenters. The van der Waals surface area contributed by atoms with Gasteiger partial charge in [-0.25, -0.2) is 0 Å². The summed E-state index contributed by atoms with van der Waals surface area (Å²) in [6.45, 7) is 6.02. The number of amides is 2. The fourth-order valence-corrected chi connectivity index (χ4v) is 4.22. The van der Waals surface area contributed by atoms with Crippen LogP contribution in [-0.2, 0) is 11.3 Å². The third kappa shape index (κ3) is 6.15. The molecule has 1 aromatic heterocycles. The summed E-state index contributed by atoms with van der Waals surface area (Å²) in [6.07, 6.45) is 0. The van der Waals surface area contributed by atoms with Gasteiger partial charge < -0.3 is 25.0 Å². The van der Waals surface area contributed by atoms with Gasteiger partial charge in [-0.3, -0.25) is 9.59 Å². The molecule has 1 heterocycles. The molecular formula is C24H29N5O4S. The fourth-order valence-electron chi connectivity index (χ4n) is 3.41. The standard InChI is InChI=1S/C24H29N5O4S/c1-5-29-22(20(13-30)26-23(32)17-7-9-18(33-4)10-8-17)27-28-24(29)34-14-21(31)25-19-11-6-15(2)12-16(19)3/h6-12,20,30H,5,13-14H2,1-4H3,(H,25,31)(H,26,32). The highest BCUT2D eigenvalue weighted by atomic mass is 32.2. The molecule has 2 amide bonds. The van der Waals surface area contributed by atoms with E-state index < -0.39 is 6.04 Å². The van der Waals surface area contributed by atoms with Crippen LogP contribution in [0.4, 0.5) is 5.69 Å². The Morgan fingerprint density at radius 1 is 1.15 bits per heavy atom. The lowest BCUT2D eigenvalue weighted by molar-refractivity contribution is -0.113. The van der Waals surface area contributed by atoms with Gasteiger partial charge in [-0.05, 0) is 56.7 Å². The van der Waals surface area contributed by atoms with Crippen LogP contribution in [-0.4, -0.2) is 51.2 Å². The summed E-state index contributed by atoms with van der Waals surface area (Å²) in [5, 5.41) is 24.5. The van der Waals surface area contributed by atoms with Crippen molar-refractivity contribution < 1.29 is 19.4 Å². The zero-order chi connectivity index (χ0) is 24.7. The minimum Gasteiger partial charge on any atom is -0.497 e. The highest BCUT2D eigenvalue weighted by molar-refractivity contribution is 7.99. The molecular weight excluding hydrogens is 454 g/mol. The topological polar surface area (TPSA) is 118 Å². The third-order valence-corrected chi connectivity index (χ3v) is 6.17. The summed E-state index contributed by atoms with van der Waals surface area (Å²) in [5.74, 6) is 0.700. The van der Waals surface area contributed by atoms with Crippen LogP contribution in [0.3, 0.4) is 0 Å². The number of thioether (sulfide) groups is 1. The second kappa shape index (κ2) is 11.7. The van der Waals surface area contributed by atoms with Gasteiger partial charge in [-0.2, -0.15) is 0 Å². The number of aliphatic hydroxyl groups excluding tert-OH is 1. The number of aliphatic hydroxyl groups is 1. The lowest BCUT2D eigenvalue weighted by Gasteiger charge is -2.17. The van der Waals surface area contributed by atoms with E-state index in [0.29, 0.717) is 28.8 Å². The average Bonchev–Trinajstić information content (AvgIpc) is 3.25. The van der Waals surface area contributed by atoms with Gasteiger partial charge in [0.2, 0.25) is 5.91 Å². The van der Waals surface area contributed by atoms with Crippen LogP contribution in [0.2, 0.25) is 0 Å². The number of methoxy groups -OCH3 is 1. The van der Waals surface area contributed by atoms with Gasteiger partial charge in [-0.15, -0.1) is 10.2 Å². The average molecular weight is 484 g/mol. The summed E-state index contributed by atoms with van der Waals surface area (Å²) in [6, 6.07) is 11.8. The van der Waals surface area contributed by atoms with Gasteiger partial charge in [0, 0.05) is 17.8 Å². The number of benzene rings is 2. The second-order valence-corrected chi connectivity index (χ2v) is 8.62. The molecule has 0 aliphatic carbocycles. The lowest BCUT2D eigenvalue weighted by Crippen LogP contribution is -2.32. The highest BCUT2D eigenvalue weighted by Gasteiger charge is 2.23. The smallest absolute Gasteiger partial charge is 0.251 e. The van der Waals surface area contributed by atoms with Crippen molar-refractivity contribution >= 4 is 29.3 Å². The van der Waals surface area contributed by atoms with E-state index in [4.69, 9.17) is 4.74 Å². The lowest BCUT2D eigenvalue weighted by atomic mass is 10.1.